The van der Waals surface area contributed by atoms with Crippen molar-refractivity contribution in [2.24, 2.45) is 0 Å². The molecule has 0 spiro atoms. The van der Waals surface area contributed by atoms with Gasteiger partial charge in [0.15, 0.2) is 0 Å². The van der Waals surface area contributed by atoms with Crippen molar-refractivity contribution in [1.29, 1.82) is 0 Å². The van der Waals surface area contributed by atoms with Crippen molar-refractivity contribution in [2.45, 2.75) is 5.92 Å². The van der Waals surface area contributed by atoms with Crippen molar-refractivity contribution in [3.05, 3.63) is 71.3 Å². The van der Waals surface area contributed by atoms with Crippen LogP contribution in [0, 0.1) is 0 Å². The summed E-state index contributed by atoms with van der Waals surface area (Å²) < 4.78 is 0. The van der Waals surface area contributed by atoms with Crippen LogP contribution in [0.5, 0.6) is 0 Å². The van der Waals surface area contributed by atoms with Crippen LogP contribution in [0.25, 0.3) is 11.1 Å². The average molecular weight is 227 g/mol. The normalized spacial score (nSPS) is 14.1. The Morgan fingerprint density at radius 3 is 1.81 bits per heavy atom. The number of halogens is 1. The maximum absolute atomic E-state index is 5.73. The molecule has 1 heteroatoms. The standard InChI is InChI=1S/C15H11Cl/c16-10-9-15-13-7-3-1-5-11(13)12-6-2-4-8-14(12)15/h1-10,15H. The van der Waals surface area contributed by atoms with Gasteiger partial charge in [0.2, 0.25) is 0 Å². The molecule has 0 atom stereocenters. The molecule has 2 aromatic rings. The molecule has 16 heavy (non-hydrogen) atoms. The first kappa shape index (κ1) is 9.68. The Morgan fingerprint density at radius 2 is 1.31 bits per heavy atom. The summed E-state index contributed by atoms with van der Waals surface area (Å²) in [5.74, 6) is 0.310. The smallest absolute Gasteiger partial charge is 0.0293 e. The van der Waals surface area contributed by atoms with Gasteiger partial charge in [0.25, 0.3) is 0 Å². The second-order valence-corrected chi connectivity index (χ2v) is 4.22. The van der Waals surface area contributed by atoms with Crippen molar-refractivity contribution >= 4 is 11.6 Å². The summed E-state index contributed by atoms with van der Waals surface area (Å²) in [6, 6.07) is 17.0. The fourth-order valence-electron chi connectivity index (χ4n) is 2.47. The second-order valence-electron chi connectivity index (χ2n) is 3.97. The third kappa shape index (κ3) is 1.30. The van der Waals surface area contributed by atoms with Gasteiger partial charge in [-0.15, -0.1) is 0 Å². The molecule has 1 aliphatic rings. The third-order valence-corrected chi connectivity index (χ3v) is 3.29. The fraction of sp³-hybridized carbons (Fsp3) is 0.0667. The predicted molar refractivity (Wildman–Crippen MR) is 68.7 cm³/mol. The summed E-state index contributed by atoms with van der Waals surface area (Å²) in [5.41, 5.74) is 6.97. The molecule has 0 heterocycles. The predicted octanol–water partition coefficient (Wildman–Crippen LogP) is 4.55. The highest BCUT2D eigenvalue weighted by Gasteiger charge is 2.25. The summed E-state index contributed by atoms with van der Waals surface area (Å²) >= 11 is 5.73. The van der Waals surface area contributed by atoms with E-state index in [0.29, 0.717) is 5.92 Å². The topological polar surface area (TPSA) is 0 Å². The van der Waals surface area contributed by atoms with Gasteiger partial charge in [0, 0.05) is 11.5 Å². The summed E-state index contributed by atoms with van der Waals surface area (Å²) in [5, 5.41) is 0. The lowest BCUT2D eigenvalue weighted by molar-refractivity contribution is 1.07. The molecule has 0 fully saturated rings. The maximum atomic E-state index is 5.73. The highest BCUT2D eigenvalue weighted by atomic mass is 35.5. The lowest BCUT2D eigenvalue weighted by Crippen LogP contribution is -1.90. The molecule has 3 rings (SSSR count). The number of allylic oxidation sites excluding steroid dienone is 1. The molecule has 0 nitrogen and oxygen atoms in total. The van der Waals surface area contributed by atoms with Gasteiger partial charge in [0.05, 0.1) is 0 Å². The van der Waals surface area contributed by atoms with Crippen LogP contribution in [0.1, 0.15) is 17.0 Å². The van der Waals surface area contributed by atoms with E-state index in [1.807, 2.05) is 6.08 Å². The Morgan fingerprint density at radius 1 is 0.812 bits per heavy atom. The van der Waals surface area contributed by atoms with Crippen LogP contribution in [0.4, 0.5) is 0 Å². The minimum atomic E-state index is 0.310. The van der Waals surface area contributed by atoms with E-state index in [4.69, 9.17) is 11.6 Å². The van der Waals surface area contributed by atoms with Crippen molar-refractivity contribution < 1.29 is 0 Å². The van der Waals surface area contributed by atoms with Crippen LogP contribution in [0.2, 0.25) is 0 Å². The van der Waals surface area contributed by atoms with Gasteiger partial charge in [-0.25, -0.2) is 0 Å². The quantitative estimate of drug-likeness (QED) is 0.669. The van der Waals surface area contributed by atoms with Crippen molar-refractivity contribution in [2.75, 3.05) is 0 Å². The minimum absolute atomic E-state index is 0.310. The number of benzene rings is 2. The summed E-state index contributed by atoms with van der Waals surface area (Å²) in [4.78, 5) is 0. The van der Waals surface area contributed by atoms with Crippen molar-refractivity contribution in [1.82, 2.24) is 0 Å². The third-order valence-electron chi connectivity index (χ3n) is 3.15. The molecule has 0 amide bonds. The lowest BCUT2D eigenvalue weighted by Gasteiger charge is -2.06. The molecule has 78 valence electrons. The molecule has 0 radical (unpaired) electrons. The van der Waals surface area contributed by atoms with Gasteiger partial charge in [-0.05, 0) is 22.3 Å². The zero-order chi connectivity index (χ0) is 11.0. The monoisotopic (exact) mass is 226 g/mol. The van der Waals surface area contributed by atoms with Gasteiger partial charge >= 0.3 is 0 Å². The molecule has 0 aliphatic heterocycles. The van der Waals surface area contributed by atoms with E-state index < -0.39 is 0 Å². The number of fused-ring (bicyclic) bond motifs is 3. The van der Waals surface area contributed by atoms with E-state index >= 15 is 0 Å². The first-order chi connectivity index (χ1) is 7.92. The highest BCUT2D eigenvalue weighted by molar-refractivity contribution is 6.25. The van der Waals surface area contributed by atoms with Gasteiger partial charge in [-0.3, -0.25) is 0 Å². The summed E-state index contributed by atoms with van der Waals surface area (Å²) in [7, 11) is 0. The summed E-state index contributed by atoms with van der Waals surface area (Å²) in [6.07, 6.45) is 2.05. The van der Waals surface area contributed by atoms with E-state index in [1.165, 1.54) is 22.3 Å². The zero-order valence-electron chi connectivity index (χ0n) is 8.73. The molecular formula is C15H11Cl. The van der Waals surface area contributed by atoms with Crippen LogP contribution in [-0.2, 0) is 0 Å². The van der Waals surface area contributed by atoms with E-state index in [1.54, 1.807) is 5.54 Å². The maximum Gasteiger partial charge on any atom is 0.0293 e. The van der Waals surface area contributed by atoms with Crippen LogP contribution < -0.4 is 0 Å². The van der Waals surface area contributed by atoms with Gasteiger partial charge in [-0.1, -0.05) is 66.2 Å². The number of hydrogen-bond donors (Lipinski definition) is 0. The molecular weight excluding hydrogens is 216 g/mol. The Bertz CT molecular complexity index is 509. The van der Waals surface area contributed by atoms with Crippen LogP contribution in [-0.4, -0.2) is 0 Å². The van der Waals surface area contributed by atoms with E-state index in [-0.39, 0.29) is 0 Å². The van der Waals surface area contributed by atoms with Crippen molar-refractivity contribution in [3.63, 3.8) is 0 Å². The van der Waals surface area contributed by atoms with Gasteiger partial charge in [0.1, 0.15) is 0 Å². The van der Waals surface area contributed by atoms with Gasteiger partial charge in [-0.2, -0.15) is 0 Å². The molecule has 0 unspecified atom stereocenters. The SMILES string of the molecule is ClC=CC1c2ccccc2-c2ccccc21. The Hall–Kier alpha value is -1.53. The summed E-state index contributed by atoms with van der Waals surface area (Å²) in [6.45, 7) is 0. The van der Waals surface area contributed by atoms with Crippen molar-refractivity contribution in [3.8, 4) is 11.1 Å². The molecule has 0 saturated carbocycles. The first-order valence-electron chi connectivity index (χ1n) is 5.37. The highest BCUT2D eigenvalue weighted by Crippen LogP contribution is 2.45. The largest absolute Gasteiger partial charge is 0.0933 e. The molecule has 1 aliphatic carbocycles. The first-order valence-corrected chi connectivity index (χ1v) is 5.80. The molecule has 0 aromatic heterocycles. The Labute approximate surface area is 100 Å². The molecule has 0 N–H and O–H groups in total. The number of rotatable bonds is 1. The Kier molecular flexibility index (Phi) is 2.30. The minimum Gasteiger partial charge on any atom is -0.0933 e. The van der Waals surface area contributed by atoms with E-state index in [9.17, 15) is 0 Å². The molecule has 0 bridgehead atoms. The fourth-order valence-corrected chi connectivity index (χ4v) is 2.62. The lowest BCUT2D eigenvalue weighted by atomic mass is 9.97. The van der Waals surface area contributed by atoms with E-state index in [0.717, 1.165) is 0 Å². The average Bonchev–Trinajstić information content (AvgIpc) is 2.66. The van der Waals surface area contributed by atoms with Gasteiger partial charge < -0.3 is 0 Å². The van der Waals surface area contributed by atoms with E-state index in [2.05, 4.69) is 48.5 Å². The molecule has 0 saturated heterocycles. The second kappa shape index (κ2) is 3.80. The van der Waals surface area contributed by atoms with Crippen LogP contribution >= 0.6 is 11.6 Å². The van der Waals surface area contributed by atoms with Crippen LogP contribution in [0.3, 0.4) is 0 Å². The zero-order valence-corrected chi connectivity index (χ0v) is 9.48. The number of hydrogen-bond acceptors (Lipinski definition) is 0. The molecule has 2 aromatic carbocycles. The Balaban J connectivity index is 2.29. The van der Waals surface area contributed by atoms with Crippen LogP contribution in [0.15, 0.2) is 60.1 Å².